The van der Waals surface area contributed by atoms with E-state index in [0.717, 1.165) is 5.56 Å². The third kappa shape index (κ3) is 11.2. The highest BCUT2D eigenvalue weighted by molar-refractivity contribution is 6.74. The third-order valence-electron chi connectivity index (χ3n) is 6.39. The maximum atomic E-state index is 13.0. The summed E-state index contributed by atoms with van der Waals surface area (Å²) in [7, 11) is 0.880. The highest BCUT2D eigenvalue weighted by Crippen LogP contribution is 2.37. The molecule has 0 bridgehead atoms. The lowest BCUT2D eigenvalue weighted by molar-refractivity contribution is -0.120. The van der Waals surface area contributed by atoms with Crippen molar-refractivity contribution < 1.29 is 33.0 Å². The first kappa shape index (κ1) is 34.5. The number of benzene rings is 1. The lowest BCUT2D eigenvalue weighted by Crippen LogP contribution is -2.58. The molecule has 0 saturated heterocycles. The van der Waals surface area contributed by atoms with E-state index < -0.39 is 31.0 Å². The maximum absolute atomic E-state index is 13.0. The molecule has 1 N–H and O–H groups in total. The lowest BCUT2D eigenvalue weighted by Gasteiger charge is -2.39. The van der Waals surface area contributed by atoms with Gasteiger partial charge < -0.3 is 28.7 Å². The van der Waals surface area contributed by atoms with Crippen molar-refractivity contribution >= 4 is 20.2 Å². The van der Waals surface area contributed by atoms with Crippen molar-refractivity contribution in [3.63, 3.8) is 0 Å². The van der Waals surface area contributed by atoms with Gasteiger partial charge in [-0.2, -0.15) is 0 Å². The van der Waals surface area contributed by atoms with Gasteiger partial charge in [0.2, 0.25) is 5.78 Å². The topological polar surface area (TPSA) is 92.3 Å². The van der Waals surface area contributed by atoms with Crippen LogP contribution in [0.15, 0.2) is 18.2 Å². The number of rotatable bonds is 10. The van der Waals surface area contributed by atoms with Crippen LogP contribution in [-0.2, 0) is 25.3 Å². The molecular formula is C30H49NO7Si. The molecule has 0 fully saturated rings. The number of hydrogen-bond acceptors (Lipinski definition) is 7. The molecule has 0 radical (unpaired) electrons. The monoisotopic (exact) mass is 563 g/mol. The van der Waals surface area contributed by atoms with E-state index >= 15 is 0 Å². The fraction of sp³-hybridized carbons (Fsp3) is 0.667. The molecule has 39 heavy (non-hydrogen) atoms. The fourth-order valence-corrected chi connectivity index (χ4v) is 3.95. The average Bonchev–Trinajstić information content (AvgIpc) is 2.78. The van der Waals surface area contributed by atoms with Crippen LogP contribution in [0.5, 0.6) is 11.5 Å². The van der Waals surface area contributed by atoms with Crippen LogP contribution in [-0.4, -0.2) is 58.8 Å². The van der Waals surface area contributed by atoms with Crippen LogP contribution in [0.2, 0.25) is 18.1 Å². The second-order valence-corrected chi connectivity index (χ2v) is 18.1. The minimum Gasteiger partial charge on any atom is -0.493 e. The molecule has 1 rings (SSSR count). The van der Waals surface area contributed by atoms with Gasteiger partial charge in [0.1, 0.15) is 11.1 Å². The lowest BCUT2D eigenvalue weighted by atomic mass is 9.90. The molecule has 8 nitrogen and oxygen atoms in total. The van der Waals surface area contributed by atoms with Crippen LogP contribution in [0.3, 0.4) is 0 Å². The largest absolute Gasteiger partial charge is 0.493 e. The Hall–Kier alpha value is -2.54. The van der Waals surface area contributed by atoms with E-state index in [9.17, 15) is 9.59 Å². The molecule has 220 valence electrons. The van der Waals surface area contributed by atoms with E-state index in [2.05, 4.69) is 51.0 Å². The van der Waals surface area contributed by atoms with Gasteiger partial charge in [-0.1, -0.05) is 53.5 Å². The SMILES string of the molecule is COc1ccc(COC[C@@](C#CC(=O)C(C)(C)C)(CO[Si](C)(C)C(C)(C)C)NC(=O)OC(C)(C)C)cc1OC. The Morgan fingerprint density at radius 2 is 1.49 bits per heavy atom. The molecule has 0 aliphatic rings. The number of methoxy groups -OCH3 is 2. The minimum atomic E-state index is -2.26. The van der Waals surface area contributed by atoms with Crippen molar-refractivity contribution in [2.24, 2.45) is 5.41 Å². The Balaban J connectivity index is 3.44. The predicted molar refractivity (Wildman–Crippen MR) is 157 cm³/mol. The van der Waals surface area contributed by atoms with E-state index in [4.69, 9.17) is 23.4 Å². The molecule has 1 atom stereocenters. The first-order valence-electron chi connectivity index (χ1n) is 13.2. The van der Waals surface area contributed by atoms with Crippen molar-refractivity contribution in [1.29, 1.82) is 0 Å². The Kier molecular flexibility index (Phi) is 11.7. The van der Waals surface area contributed by atoms with Crippen LogP contribution >= 0.6 is 0 Å². The molecule has 0 aliphatic heterocycles. The summed E-state index contributed by atoms with van der Waals surface area (Å²) in [6.45, 7) is 21.5. The molecule has 1 aromatic carbocycles. The Morgan fingerprint density at radius 3 is 1.97 bits per heavy atom. The summed E-state index contributed by atoms with van der Waals surface area (Å²) in [4.78, 5) is 25.8. The first-order chi connectivity index (χ1) is 17.6. The smallest absolute Gasteiger partial charge is 0.409 e. The van der Waals surface area contributed by atoms with Gasteiger partial charge >= 0.3 is 6.09 Å². The molecule has 0 unspecified atom stereocenters. The number of carbonyl (C=O) groups is 2. The fourth-order valence-electron chi connectivity index (χ4n) is 2.91. The minimum absolute atomic E-state index is 0.0269. The normalized spacial score (nSPS) is 14.0. The molecule has 0 saturated carbocycles. The quantitative estimate of drug-likeness (QED) is 0.208. The van der Waals surface area contributed by atoms with Gasteiger partial charge in [-0.3, -0.25) is 4.79 Å². The molecule has 0 aromatic heterocycles. The molecule has 1 aromatic rings. The van der Waals surface area contributed by atoms with Gasteiger partial charge in [-0.15, -0.1) is 0 Å². The maximum Gasteiger partial charge on any atom is 0.409 e. The predicted octanol–water partition coefficient (Wildman–Crippen LogP) is 6.12. The zero-order valence-corrected chi connectivity index (χ0v) is 27.2. The summed E-state index contributed by atoms with van der Waals surface area (Å²) in [6.07, 6.45) is -0.673. The van der Waals surface area contributed by atoms with Gasteiger partial charge in [-0.05, 0) is 62.5 Å². The zero-order valence-electron chi connectivity index (χ0n) is 26.2. The Labute approximate surface area is 236 Å². The number of alkyl carbamates (subject to hydrolysis) is 1. The van der Waals surface area contributed by atoms with Crippen LogP contribution in [0.4, 0.5) is 4.79 Å². The summed E-state index contributed by atoms with van der Waals surface area (Å²) >= 11 is 0. The highest BCUT2D eigenvalue weighted by Gasteiger charge is 2.41. The van der Waals surface area contributed by atoms with Crippen molar-refractivity contribution in [1.82, 2.24) is 5.32 Å². The molecule has 0 spiro atoms. The van der Waals surface area contributed by atoms with Crippen LogP contribution < -0.4 is 14.8 Å². The number of hydrogen-bond donors (Lipinski definition) is 1. The van der Waals surface area contributed by atoms with Gasteiger partial charge in [0.05, 0.1) is 34.0 Å². The molecule has 0 aliphatic carbocycles. The average molecular weight is 564 g/mol. The summed E-state index contributed by atoms with van der Waals surface area (Å²) in [5.74, 6) is 6.70. The Morgan fingerprint density at radius 1 is 0.897 bits per heavy atom. The second-order valence-electron chi connectivity index (χ2n) is 13.3. The van der Waals surface area contributed by atoms with Gasteiger partial charge in [0.15, 0.2) is 19.8 Å². The van der Waals surface area contributed by atoms with E-state index in [1.165, 1.54) is 0 Å². The van der Waals surface area contributed by atoms with E-state index in [1.54, 1.807) is 61.8 Å². The summed E-state index contributed by atoms with van der Waals surface area (Å²) in [6, 6.07) is 5.49. The number of ketones is 1. The first-order valence-corrected chi connectivity index (χ1v) is 16.1. The van der Waals surface area contributed by atoms with E-state index in [1.807, 2.05) is 12.1 Å². The van der Waals surface area contributed by atoms with Crippen LogP contribution in [0.25, 0.3) is 0 Å². The third-order valence-corrected chi connectivity index (χ3v) is 10.9. The number of amides is 1. The van der Waals surface area contributed by atoms with Gasteiger partial charge in [0.25, 0.3) is 0 Å². The number of ether oxygens (including phenoxy) is 4. The van der Waals surface area contributed by atoms with Crippen LogP contribution in [0, 0.1) is 17.3 Å². The zero-order chi connectivity index (χ0) is 30.3. The van der Waals surface area contributed by atoms with E-state index in [0.29, 0.717) is 11.5 Å². The van der Waals surface area contributed by atoms with Crippen LogP contribution in [0.1, 0.15) is 67.9 Å². The van der Waals surface area contributed by atoms with Gasteiger partial charge in [0, 0.05) is 5.41 Å². The van der Waals surface area contributed by atoms with Crippen molar-refractivity contribution in [3.8, 4) is 23.3 Å². The second kappa shape index (κ2) is 13.2. The number of nitrogens with one attached hydrogen (secondary N) is 1. The Bertz CT molecular complexity index is 1050. The van der Waals surface area contributed by atoms with Crippen molar-refractivity contribution in [3.05, 3.63) is 23.8 Å². The number of carbonyl (C=O) groups excluding carboxylic acids is 2. The highest BCUT2D eigenvalue weighted by atomic mass is 28.4. The standard InChI is InChI=1S/C30H49NO7Si/c1-27(2,3)25(32)16-17-30(31-26(33)38-28(4,5)6,21-37-39(12,13)29(7,8)9)20-36-19-22-14-15-23(34-10)24(18-22)35-11/h14-15,18H,19-21H2,1-13H3,(H,31,33)/t30-/m0/s1. The summed E-state index contributed by atoms with van der Waals surface area (Å²) in [5.41, 5.74) is -1.91. The number of Topliss-reactive ketones (excluding diaryl/α,β-unsaturated/α-hetero) is 1. The molecule has 0 heterocycles. The summed E-state index contributed by atoms with van der Waals surface area (Å²) < 4.78 is 28.9. The van der Waals surface area contributed by atoms with E-state index in [-0.39, 0.29) is 30.6 Å². The van der Waals surface area contributed by atoms with Gasteiger partial charge in [-0.25, -0.2) is 4.79 Å². The molecular weight excluding hydrogens is 514 g/mol. The molecule has 1 amide bonds. The van der Waals surface area contributed by atoms with Crippen molar-refractivity contribution in [2.45, 2.75) is 98.2 Å². The summed E-state index contributed by atoms with van der Waals surface area (Å²) in [5, 5.41) is 2.80. The molecule has 9 heteroatoms. The van der Waals surface area contributed by atoms with Crippen molar-refractivity contribution in [2.75, 3.05) is 27.4 Å².